The molecule has 7 nitrogen and oxygen atoms in total. The number of hydrogen-bond donors (Lipinski definition) is 2. The largest absolute Gasteiger partial charge is 0.478 e. The van der Waals surface area contributed by atoms with Crippen molar-refractivity contribution >= 4 is 46.5 Å². The lowest BCUT2D eigenvalue weighted by atomic mass is 10.0. The molecule has 0 bridgehead atoms. The van der Waals surface area contributed by atoms with Crippen molar-refractivity contribution in [2.24, 2.45) is 0 Å². The highest BCUT2D eigenvalue weighted by Crippen LogP contribution is 2.31. The number of nitro groups is 1. The van der Waals surface area contributed by atoms with E-state index in [-0.39, 0.29) is 15.7 Å². The summed E-state index contributed by atoms with van der Waals surface area (Å²) in [6.45, 7) is 0. The number of carboxylic acids is 1. The molecule has 2 aromatic rings. The first-order chi connectivity index (χ1) is 10.8. The van der Waals surface area contributed by atoms with Gasteiger partial charge in [-0.15, -0.1) is 0 Å². The zero-order valence-electron chi connectivity index (χ0n) is 11.2. The van der Waals surface area contributed by atoms with Crippen LogP contribution in [0, 0.1) is 10.1 Å². The molecule has 0 radical (unpaired) electrons. The highest BCUT2D eigenvalue weighted by atomic mass is 35.5. The fourth-order valence-electron chi connectivity index (χ4n) is 1.89. The van der Waals surface area contributed by atoms with E-state index in [1.54, 1.807) is 0 Å². The van der Waals surface area contributed by atoms with Gasteiger partial charge in [0.1, 0.15) is 5.56 Å². The van der Waals surface area contributed by atoms with Crippen molar-refractivity contribution in [3.63, 3.8) is 0 Å². The highest BCUT2D eigenvalue weighted by Gasteiger charge is 2.27. The number of hydrogen-bond acceptors (Lipinski definition) is 4. The van der Waals surface area contributed by atoms with E-state index < -0.39 is 33.6 Å². The topological polar surface area (TPSA) is 110 Å². The van der Waals surface area contributed by atoms with Gasteiger partial charge in [-0.05, 0) is 18.2 Å². The molecule has 2 rings (SSSR count). The van der Waals surface area contributed by atoms with Gasteiger partial charge in [-0.2, -0.15) is 0 Å². The zero-order chi connectivity index (χ0) is 17.1. The fourth-order valence-corrected chi connectivity index (χ4v) is 2.24. The van der Waals surface area contributed by atoms with Crippen molar-refractivity contribution in [2.45, 2.75) is 0 Å². The van der Waals surface area contributed by atoms with Crippen LogP contribution in [0.5, 0.6) is 0 Å². The highest BCUT2D eigenvalue weighted by molar-refractivity contribution is 6.44. The van der Waals surface area contributed by atoms with Crippen LogP contribution < -0.4 is 5.32 Å². The summed E-state index contributed by atoms with van der Waals surface area (Å²) < 4.78 is 0. The molecule has 0 atom stereocenters. The molecule has 0 unspecified atom stereocenters. The third kappa shape index (κ3) is 3.41. The second kappa shape index (κ2) is 6.64. The number of carboxylic acid groups (broad SMARTS) is 1. The van der Waals surface area contributed by atoms with Crippen molar-refractivity contribution < 1.29 is 19.6 Å². The third-order valence-corrected chi connectivity index (χ3v) is 3.72. The Morgan fingerprint density at radius 2 is 1.78 bits per heavy atom. The number of carbonyl (C=O) groups is 2. The molecule has 118 valence electrons. The number of rotatable bonds is 4. The minimum atomic E-state index is -1.46. The predicted molar refractivity (Wildman–Crippen MR) is 84.5 cm³/mol. The van der Waals surface area contributed by atoms with E-state index in [1.807, 2.05) is 0 Å². The van der Waals surface area contributed by atoms with Crippen LogP contribution in [-0.2, 0) is 0 Å². The molecule has 0 heterocycles. The Morgan fingerprint density at radius 1 is 1.13 bits per heavy atom. The van der Waals surface area contributed by atoms with E-state index in [9.17, 15) is 19.7 Å². The molecular formula is C14H8Cl2N2O5. The molecule has 0 aliphatic rings. The zero-order valence-corrected chi connectivity index (χ0v) is 12.8. The Hall–Kier alpha value is -2.64. The summed E-state index contributed by atoms with van der Waals surface area (Å²) in [7, 11) is 0. The third-order valence-electron chi connectivity index (χ3n) is 2.90. The number of nitrogens with zero attached hydrogens (tertiary/aromatic N) is 1. The van der Waals surface area contributed by atoms with Crippen molar-refractivity contribution in [2.75, 3.05) is 5.32 Å². The van der Waals surface area contributed by atoms with Gasteiger partial charge in [0.25, 0.3) is 11.6 Å². The lowest BCUT2D eigenvalue weighted by molar-refractivity contribution is -0.385. The summed E-state index contributed by atoms with van der Waals surface area (Å²) >= 11 is 11.8. The average molecular weight is 355 g/mol. The van der Waals surface area contributed by atoms with Crippen molar-refractivity contribution in [1.29, 1.82) is 0 Å². The summed E-state index contributed by atoms with van der Waals surface area (Å²) in [4.78, 5) is 33.8. The molecule has 0 spiro atoms. The van der Waals surface area contributed by atoms with Gasteiger partial charge in [-0.1, -0.05) is 35.3 Å². The van der Waals surface area contributed by atoms with E-state index >= 15 is 0 Å². The predicted octanol–water partition coefficient (Wildman–Crippen LogP) is 3.85. The number of carbonyl (C=O) groups excluding carboxylic acids is 1. The quantitative estimate of drug-likeness (QED) is 0.639. The standard InChI is InChI=1S/C14H8Cl2N2O5/c15-8-4-2-5-9(12(8)16)17-13(19)11-7(14(20)21)3-1-6-10(11)18(22)23/h1-6H,(H,17,19)(H,20,21). The summed E-state index contributed by atoms with van der Waals surface area (Å²) in [5, 5.41) is 22.7. The van der Waals surface area contributed by atoms with E-state index in [2.05, 4.69) is 5.32 Å². The van der Waals surface area contributed by atoms with Crippen LogP contribution in [0.15, 0.2) is 36.4 Å². The second-order valence-corrected chi connectivity index (χ2v) is 5.10. The molecule has 0 aromatic heterocycles. The van der Waals surface area contributed by atoms with Crippen LogP contribution >= 0.6 is 23.2 Å². The normalized spacial score (nSPS) is 10.2. The van der Waals surface area contributed by atoms with Gasteiger partial charge in [0.05, 0.1) is 26.2 Å². The van der Waals surface area contributed by atoms with Gasteiger partial charge in [0.2, 0.25) is 0 Å². The van der Waals surface area contributed by atoms with E-state index in [1.165, 1.54) is 24.3 Å². The fraction of sp³-hybridized carbons (Fsp3) is 0. The molecule has 0 fully saturated rings. The molecule has 1 amide bonds. The van der Waals surface area contributed by atoms with Crippen molar-refractivity contribution in [3.05, 3.63) is 67.7 Å². The van der Waals surface area contributed by atoms with Crippen LogP contribution in [-0.4, -0.2) is 21.9 Å². The summed E-state index contributed by atoms with van der Waals surface area (Å²) in [6.07, 6.45) is 0. The maximum atomic E-state index is 12.3. The number of halogens is 2. The van der Waals surface area contributed by atoms with Crippen LogP contribution in [0.4, 0.5) is 11.4 Å². The number of aromatic carboxylic acids is 1. The minimum Gasteiger partial charge on any atom is -0.478 e. The average Bonchev–Trinajstić information content (AvgIpc) is 2.50. The van der Waals surface area contributed by atoms with E-state index in [0.29, 0.717) is 0 Å². The second-order valence-electron chi connectivity index (χ2n) is 4.32. The van der Waals surface area contributed by atoms with Gasteiger partial charge in [-0.3, -0.25) is 14.9 Å². The molecule has 9 heteroatoms. The molecule has 23 heavy (non-hydrogen) atoms. The monoisotopic (exact) mass is 354 g/mol. The van der Waals surface area contributed by atoms with Gasteiger partial charge in [0.15, 0.2) is 0 Å². The molecule has 0 saturated heterocycles. The van der Waals surface area contributed by atoms with Crippen molar-refractivity contribution in [3.8, 4) is 0 Å². The van der Waals surface area contributed by atoms with Crippen LogP contribution in [0.2, 0.25) is 10.0 Å². The van der Waals surface area contributed by atoms with Gasteiger partial charge >= 0.3 is 5.97 Å². The smallest absolute Gasteiger partial charge is 0.336 e. The van der Waals surface area contributed by atoms with E-state index in [0.717, 1.165) is 12.1 Å². The first kappa shape index (κ1) is 16.7. The first-order valence-corrected chi connectivity index (χ1v) is 6.84. The van der Waals surface area contributed by atoms with E-state index in [4.69, 9.17) is 28.3 Å². The first-order valence-electron chi connectivity index (χ1n) is 6.09. The van der Waals surface area contributed by atoms with Crippen LogP contribution in [0.3, 0.4) is 0 Å². The number of benzene rings is 2. The lowest BCUT2D eigenvalue weighted by Crippen LogP contribution is -2.18. The Labute approximate surface area is 139 Å². The molecule has 0 aliphatic carbocycles. The van der Waals surface area contributed by atoms with Gasteiger partial charge in [-0.25, -0.2) is 4.79 Å². The number of nitro benzene ring substituents is 1. The summed E-state index contributed by atoms with van der Waals surface area (Å²) in [6, 6.07) is 7.77. The van der Waals surface area contributed by atoms with Gasteiger partial charge < -0.3 is 10.4 Å². The molecule has 0 saturated carbocycles. The number of nitrogens with one attached hydrogen (secondary N) is 1. The van der Waals surface area contributed by atoms with Crippen LogP contribution in [0.25, 0.3) is 0 Å². The Kier molecular flexibility index (Phi) is 4.83. The summed E-state index contributed by atoms with van der Waals surface area (Å²) in [5.74, 6) is -2.44. The number of amides is 1. The minimum absolute atomic E-state index is 0.0398. The molecular weight excluding hydrogens is 347 g/mol. The molecule has 2 N–H and O–H groups in total. The van der Waals surface area contributed by atoms with Crippen molar-refractivity contribution in [1.82, 2.24) is 0 Å². The molecule has 0 aliphatic heterocycles. The maximum Gasteiger partial charge on any atom is 0.336 e. The summed E-state index contributed by atoms with van der Waals surface area (Å²) in [5.41, 5.74) is -1.57. The Morgan fingerprint density at radius 3 is 2.39 bits per heavy atom. The number of anilines is 1. The van der Waals surface area contributed by atoms with Crippen LogP contribution in [0.1, 0.15) is 20.7 Å². The SMILES string of the molecule is O=C(O)c1cccc([N+](=O)[O-])c1C(=O)Nc1cccc(Cl)c1Cl. The lowest BCUT2D eigenvalue weighted by Gasteiger charge is -2.10. The Bertz CT molecular complexity index is 791. The van der Waals surface area contributed by atoms with Gasteiger partial charge in [0, 0.05) is 6.07 Å². The molecule has 2 aromatic carbocycles. The Balaban J connectivity index is 2.52. The maximum absolute atomic E-state index is 12.3.